The first-order valence-corrected chi connectivity index (χ1v) is 3.62. The first-order valence-electron chi connectivity index (χ1n) is 3.62. The standard InChI is InChI=1S/C9H12N2.2ClH/c1-8-4-6-11-9(7-8)3-2-5-10;;/h2-4,6-7H,5,10H2,1H3;2*1H. The largest absolute Gasteiger partial charge is 0.327 e. The summed E-state index contributed by atoms with van der Waals surface area (Å²) in [6.07, 6.45) is 5.61. The van der Waals surface area contributed by atoms with Crippen LogP contribution >= 0.6 is 24.8 Å². The molecule has 0 radical (unpaired) electrons. The highest BCUT2D eigenvalue weighted by Gasteiger charge is 1.86. The molecule has 0 amide bonds. The first kappa shape index (κ1) is 14.9. The van der Waals surface area contributed by atoms with Crippen molar-refractivity contribution < 1.29 is 0 Å². The van der Waals surface area contributed by atoms with Gasteiger partial charge in [-0.25, -0.2) is 0 Å². The van der Waals surface area contributed by atoms with Crippen LogP contribution in [0.15, 0.2) is 24.4 Å². The van der Waals surface area contributed by atoms with Gasteiger partial charge in [0.15, 0.2) is 0 Å². The summed E-state index contributed by atoms with van der Waals surface area (Å²) >= 11 is 0. The van der Waals surface area contributed by atoms with Crippen molar-refractivity contribution in [3.8, 4) is 0 Å². The van der Waals surface area contributed by atoms with E-state index < -0.39 is 0 Å². The minimum atomic E-state index is 0. The zero-order valence-corrected chi connectivity index (χ0v) is 9.07. The molecule has 4 heteroatoms. The van der Waals surface area contributed by atoms with Gasteiger partial charge in [-0.15, -0.1) is 24.8 Å². The van der Waals surface area contributed by atoms with Gasteiger partial charge < -0.3 is 5.73 Å². The maximum atomic E-state index is 5.30. The molecule has 1 rings (SSSR count). The number of aryl methyl sites for hydroxylation is 1. The SMILES string of the molecule is Cc1ccnc(C=CCN)c1.Cl.Cl. The Kier molecular flexibility index (Phi) is 9.24. The van der Waals surface area contributed by atoms with Crippen LogP contribution in [0.5, 0.6) is 0 Å². The van der Waals surface area contributed by atoms with Crippen molar-refractivity contribution in [1.82, 2.24) is 4.98 Å². The second-order valence-electron chi connectivity index (χ2n) is 2.40. The number of aromatic nitrogens is 1. The Labute approximate surface area is 91.1 Å². The van der Waals surface area contributed by atoms with Gasteiger partial charge in [0.25, 0.3) is 0 Å². The molecule has 0 fully saturated rings. The van der Waals surface area contributed by atoms with E-state index in [1.807, 2.05) is 31.2 Å². The number of nitrogens with two attached hydrogens (primary N) is 1. The van der Waals surface area contributed by atoms with Crippen molar-refractivity contribution in [3.63, 3.8) is 0 Å². The van der Waals surface area contributed by atoms with Gasteiger partial charge in [-0.2, -0.15) is 0 Å². The van der Waals surface area contributed by atoms with Crippen molar-refractivity contribution in [2.75, 3.05) is 6.54 Å². The van der Waals surface area contributed by atoms with Crippen LogP contribution < -0.4 is 5.73 Å². The van der Waals surface area contributed by atoms with Gasteiger partial charge in [0.1, 0.15) is 0 Å². The fraction of sp³-hybridized carbons (Fsp3) is 0.222. The average Bonchev–Trinajstić information content (AvgIpc) is 2.01. The lowest BCUT2D eigenvalue weighted by Gasteiger charge is -1.93. The van der Waals surface area contributed by atoms with Crippen molar-refractivity contribution in [3.05, 3.63) is 35.7 Å². The third-order valence-electron chi connectivity index (χ3n) is 1.36. The highest BCUT2D eigenvalue weighted by Crippen LogP contribution is 2.00. The molecule has 0 bridgehead atoms. The molecule has 1 heterocycles. The summed E-state index contributed by atoms with van der Waals surface area (Å²) in [7, 11) is 0. The predicted octanol–water partition coefficient (Wildman–Crippen LogP) is 2.21. The Bertz CT molecular complexity index is 262. The lowest BCUT2D eigenvalue weighted by atomic mass is 10.2. The highest BCUT2D eigenvalue weighted by molar-refractivity contribution is 5.85. The van der Waals surface area contributed by atoms with Gasteiger partial charge in [-0.3, -0.25) is 4.98 Å². The van der Waals surface area contributed by atoms with E-state index in [0.717, 1.165) is 5.69 Å². The smallest absolute Gasteiger partial charge is 0.0629 e. The molecule has 0 unspecified atom stereocenters. The fourth-order valence-corrected chi connectivity index (χ4v) is 0.839. The van der Waals surface area contributed by atoms with E-state index >= 15 is 0 Å². The fourth-order valence-electron chi connectivity index (χ4n) is 0.839. The lowest BCUT2D eigenvalue weighted by Crippen LogP contribution is -1.92. The van der Waals surface area contributed by atoms with Crippen molar-refractivity contribution >= 4 is 30.9 Å². The molecule has 0 aromatic carbocycles. The molecule has 0 saturated carbocycles. The predicted molar refractivity (Wildman–Crippen MR) is 61.6 cm³/mol. The third kappa shape index (κ3) is 5.64. The van der Waals surface area contributed by atoms with Crippen LogP contribution in [0.2, 0.25) is 0 Å². The molecule has 0 aliphatic rings. The summed E-state index contributed by atoms with van der Waals surface area (Å²) in [6.45, 7) is 2.61. The summed E-state index contributed by atoms with van der Waals surface area (Å²) in [5.74, 6) is 0. The molecule has 0 atom stereocenters. The van der Waals surface area contributed by atoms with E-state index in [0.29, 0.717) is 6.54 Å². The molecule has 0 aliphatic carbocycles. The van der Waals surface area contributed by atoms with Crippen molar-refractivity contribution in [2.45, 2.75) is 6.92 Å². The number of nitrogens with zero attached hydrogens (tertiary/aromatic N) is 1. The molecule has 13 heavy (non-hydrogen) atoms. The summed E-state index contributed by atoms with van der Waals surface area (Å²) in [4.78, 5) is 4.13. The van der Waals surface area contributed by atoms with Crippen LogP contribution in [-0.2, 0) is 0 Å². The Morgan fingerprint density at radius 1 is 1.46 bits per heavy atom. The van der Waals surface area contributed by atoms with Crippen molar-refractivity contribution in [2.24, 2.45) is 5.73 Å². The van der Waals surface area contributed by atoms with E-state index in [4.69, 9.17) is 5.73 Å². The minimum Gasteiger partial charge on any atom is -0.327 e. The van der Waals surface area contributed by atoms with Crippen LogP contribution in [-0.4, -0.2) is 11.5 Å². The first-order chi connectivity index (χ1) is 5.33. The molecule has 74 valence electrons. The van der Waals surface area contributed by atoms with E-state index in [9.17, 15) is 0 Å². The van der Waals surface area contributed by atoms with Gasteiger partial charge in [0, 0.05) is 12.7 Å². The van der Waals surface area contributed by atoms with Crippen molar-refractivity contribution in [1.29, 1.82) is 0 Å². The van der Waals surface area contributed by atoms with E-state index in [2.05, 4.69) is 4.98 Å². The van der Waals surface area contributed by atoms with Gasteiger partial charge in [-0.05, 0) is 30.7 Å². The Balaban J connectivity index is 0. The van der Waals surface area contributed by atoms with Crippen LogP contribution in [0.4, 0.5) is 0 Å². The number of hydrogen-bond donors (Lipinski definition) is 1. The van der Waals surface area contributed by atoms with Gasteiger partial charge in [-0.1, -0.05) is 6.08 Å². The molecular formula is C9H14Cl2N2. The van der Waals surface area contributed by atoms with Crippen LogP contribution in [0.1, 0.15) is 11.3 Å². The molecule has 0 spiro atoms. The van der Waals surface area contributed by atoms with Crippen LogP contribution in [0, 0.1) is 6.92 Å². The molecule has 2 N–H and O–H groups in total. The Morgan fingerprint density at radius 3 is 2.69 bits per heavy atom. The number of pyridine rings is 1. The second-order valence-corrected chi connectivity index (χ2v) is 2.40. The van der Waals surface area contributed by atoms with Gasteiger partial charge >= 0.3 is 0 Å². The quantitative estimate of drug-likeness (QED) is 0.831. The number of rotatable bonds is 2. The Morgan fingerprint density at radius 2 is 2.15 bits per heavy atom. The topological polar surface area (TPSA) is 38.9 Å². The number of halogens is 2. The lowest BCUT2D eigenvalue weighted by molar-refractivity contribution is 1.23. The molecule has 1 aromatic rings. The summed E-state index contributed by atoms with van der Waals surface area (Å²) in [5.41, 5.74) is 7.49. The molecular weight excluding hydrogens is 207 g/mol. The second kappa shape index (κ2) is 8.05. The van der Waals surface area contributed by atoms with Gasteiger partial charge in [0.05, 0.1) is 5.69 Å². The van der Waals surface area contributed by atoms with E-state index in [-0.39, 0.29) is 24.8 Å². The molecule has 1 aromatic heterocycles. The monoisotopic (exact) mass is 220 g/mol. The number of hydrogen-bond acceptors (Lipinski definition) is 2. The molecule has 2 nitrogen and oxygen atoms in total. The minimum absolute atomic E-state index is 0. The highest BCUT2D eigenvalue weighted by atomic mass is 35.5. The molecule has 0 aliphatic heterocycles. The summed E-state index contributed by atoms with van der Waals surface area (Å²) < 4.78 is 0. The van der Waals surface area contributed by atoms with Gasteiger partial charge in [0.2, 0.25) is 0 Å². The van der Waals surface area contributed by atoms with Crippen LogP contribution in [0.3, 0.4) is 0 Å². The normalized spacial score (nSPS) is 9.08. The third-order valence-corrected chi connectivity index (χ3v) is 1.36. The summed E-state index contributed by atoms with van der Waals surface area (Å²) in [6, 6.07) is 3.99. The van der Waals surface area contributed by atoms with E-state index in [1.165, 1.54) is 5.56 Å². The zero-order chi connectivity index (χ0) is 8.10. The summed E-state index contributed by atoms with van der Waals surface area (Å²) in [5, 5.41) is 0. The average molecular weight is 221 g/mol. The maximum Gasteiger partial charge on any atom is 0.0629 e. The molecule has 0 saturated heterocycles. The zero-order valence-electron chi connectivity index (χ0n) is 7.43. The Hall–Kier alpha value is -0.570. The van der Waals surface area contributed by atoms with Crippen LogP contribution in [0.25, 0.3) is 6.08 Å². The maximum absolute atomic E-state index is 5.30. The van der Waals surface area contributed by atoms with E-state index in [1.54, 1.807) is 6.20 Å².